The lowest BCUT2D eigenvalue weighted by Crippen LogP contribution is -2.29. The van der Waals surface area contributed by atoms with Crippen LogP contribution >= 0.6 is 0 Å². The van der Waals surface area contributed by atoms with E-state index in [-0.39, 0.29) is 5.52 Å². The molecule has 2 N–H and O–H groups in total. The van der Waals surface area contributed by atoms with Crippen LogP contribution in [-0.4, -0.2) is 24.7 Å². The lowest BCUT2D eigenvalue weighted by molar-refractivity contribution is 0.422. The summed E-state index contributed by atoms with van der Waals surface area (Å²) in [5.74, 6) is 0.386. The number of hydrogen-bond donors (Lipinski definition) is 2. The number of nitrogens with zero attached hydrogens (tertiary/aromatic N) is 3. The average Bonchev–Trinajstić information content (AvgIpc) is 2.97. The Morgan fingerprint density at radius 3 is 2.89 bits per heavy atom. The van der Waals surface area contributed by atoms with E-state index in [1.807, 2.05) is 0 Å². The number of hydrogen-bond acceptors (Lipinski definition) is 5. The van der Waals surface area contributed by atoms with Crippen LogP contribution in [0.5, 0.6) is 0 Å². The Bertz CT molecular complexity index is 808. The fourth-order valence-corrected chi connectivity index (χ4v) is 1.79. The first kappa shape index (κ1) is 10.5. The Morgan fingerprint density at radius 2 is 2.22 bits per heavy atom. The molecular formula is C10H9N5O3. The van der Waals surface area contributed by atoms with Crippen LogP contribution in [0.4, 0.5) is 0 Å². The first-order chi connectivity index (χ1) is 8.70. The van der Waals surface area contributed by atoms with E-state index >= 15 is 0 Å². The molecule has 0 aliphatic rings. The smallest absolute Gasteiger partial charge is 0.330 e. The number of rotatable bonds is 2. The standard InChI is InChI=1S/C10H9N5O3/c1-2-15-8-6(9(16)13-10(15)17)11-7(12-8)5-3-4-18-14-5/h3-4H,2H2,1H3,(H,11,12)(H,13,16,17). The maximum Gasteiger partial charge on any atom is 0.330 e. The molecule has 3 rings (SSSR count). The molecule has 0 aliphatic carbocycles. The summed E-state index contributed by atoms with van der Waals surface area (Å²) in [5, 5.41) is 3.72. The molecular weight excluding hydrogens is 238 g/mol. The molecule has 0 saturated heterocycles. The third-order valence-corrected chi connectivity index (χ3v) is 2.63. The summed E-state index contributed by atoms with van der Waals surface area (Å²) in [7, 11) is 0. The lowest BCUT2D eigenvalue weighted by Gasteiger charge is -1.99. The zero-order valence-electron chi connectivity index (χ0n) is 9.43. The van der Waals surface area contributed by atoms with Gasteiger partial charge in [-0.1, -0.05) is 5.16 Å². The molecule has 8 nitrogen and oxygen atoms in total. The van der Waals surface area contributed by atoms with Crippen molar-refractivity contribution in [2.45, 2.75) is 13.5 Å². The van der Waals surface area contributed by atoms with Gasteiger partial charge in [0.2, 0.25) is 0 Å². The Labute approximate surface area is 99.3 Å². The summed E-state index contributed by atoms with van der Waals surface area (Å²) in [4.78, 5) is 32.5. The molecule has 3 aromatic heterocycles. The molecule has 0 amide bonds. The molecule has 3 aromatic rings. The van der Waals surface area contributed by atoms with E-state index in [0.717, 1.165) is 0 Å². The van der Waals surface area contributed by atoms with Crippen molar-refractivity contribution >= 4 is 11.2 Å². The van der Waals surface area contributed by atoms with Crippen molar-refractivity contribution in [1.29, 1.82) is 0 Å². The van der Waals surface area contributed by atoms with Crippen molar-refractivity contribution in [2.24, 2.45) is 0 Å². The van der Waals surface area contributed by atoms with Crippen LogP contribution in [0.1, 0.15) is 6.92 Å². The van der Waals surface area contributed by atoms with E-state index in [1.165, 1.54) is 10.8 Å². The van der Waals surface area contributed by atoms with Crippen LogP contribution in [0.15, 0.2) is 26.4 Å². The molecule has 0 bridgehead atoms. The highest BCUT2D eigenvalue weighted by atomic mass is 16.5. The van der Waals surface area contributed by atoms with Gasteiger partial charge in [0.25, 0.3) is 5.56 Å². The van der Waals surface area contributed by atoms with Crippen LogP contribution in [-0.2, 0) is 6.54 Å². The minimum Gasteiger partial charge on any atom is -0.364 e. The van der Waals surface area contributed by atoms with Gasteiger partial charge in [0.1, 0.15) is 17.5 Å². The molecule has 3 heterocycles. The Morgan fingerprint density at radius 1 is 1.39 bits per heavy atom. The minimum absolute atomic E-state index is 0.245. The van der Waals surface area contributed by atoms with Gasteiger partial charge >= 0.3 is 5.69 Å². The minimum atomic E-state index is -0.498. The van der Waals surface area contributed by atoms with E-state index < -0.39 is 11.2 Å². The van der Waals surface area contributed by atoms with Crippen molar-refractivity contribution < 1.29 is 4.52 Å². The maximum absolute atomic E-state index is 11.7. The summed E-state index contributed by atoms with van der Waals surface area (Å²) in [5.41, 5.74) is 0.0505. The van der Waals surface area contributed by atoms with Gasteiger partial charge in [-0.25, -0.2) is 9.78 Å². The van der Waals surface area contributed by atoms with E-state index in [4.69, 9.17) is 4.52 Å². The largest absolute Gasteiger partial charge is 0.364 e. The third-order valence-electron chi connectivity index (χ3n) is 2.63. The number of nitrogens with one attached hydrogen (secondary N) is 2. The predicted octanol–water partition coefficient (Wildman–Crippen LogP) is 0.0878. The zero-order chi connectivity index (χ0) is 12.7. The van der Waals surface area contributed by atoms with E-state index in [1.54, 1.807) is 13.0 Å². The maximum atomic E-state index is 11.7. The summed E-state index contributed by atoms with van der Waals surface area (Å²) >= 11 is 0. The van der Waals surface area contributed by atoms with Gasteiger partial charge in [-0.05, 0) is 6.92 Å². The van der Waals surface area contributed by atoms with Crippen LogP contribution < -0.4 is 11.2 Å². The van der Waals surface area contributed by atoms with Gasteiger partial charge in [0.05, 0.1) is 0 Å². The first-order valence-corrected chi connectivity index (χ1v) is 5.34. The van der Waals surface area contributed by atoms with Crippen molar-refractivity contribution in [2.75, 3.05) is 0 Å². The average molecular weight is 247 g/mol. The Hall–Kier alpha value is -2.64. The number of aromatic nitrogens is 5. The fourth-order valence-electron chi connectivity index (χ4n) is 1.79. The number of fused-ring (bicyclic) bond motifs is 1. The summed E-state index contributed by atoms with van der Waals surface area (Å²) in [6.07, 6.45) is 1.40. The summed E-state index contributed by atoms with van der Waals surface area (Å²) in [6, 6.07) is 1.61. The highest BCUT2D eigenvalue weighted by Crippen LogP contribution is 2.15. The van der Waals surface area contributed by atoms with Gasteiger partial charge < -0.3 is 9.51 Å². The van der Waals surface area contributed by atoms with Crippen molar-refractivity contribution in [3.8, 4) is 11.5 Å². The molecule has 92 valence electrons. The van der Waals surface area contributed by atoms with Crippen molar-refractivity contribution in [3.05, 3.63) is 33.2 Å². The van der Waals surface area contributed by atoms with Crippen molar-refractivity contribution in [1.82, 2.24) is 24.7 Å². The Balaban J connectivity index is 2.39. The molecule has 0 radical (unpaired) electrons. The van der Waals surface area contributed by atoms with E-state index in [2.05, 4.69) is 20.1 Å². The van der Waals surface area contributed by atoms with Crippen LogP contribution in [0.25, 0.3) is 22.7 Å². The highest BCUT2D eigenvalue weighted by Gasteiger charge is 2.14. The lowest BCUT2D eigenvalue weighted by atomic mass is 10.4. The van der Waals surface area contributed by atoms with Gasteiger partial charge in [-0.15, -0.1) is 0 Å². The SMILES string of the molecule is CCn1c(=O)[nH]c(=O)c2[nH]c(-c3ccon3)nc21. The predicted molar refractivity (Wildman–Crippen MR) is 62.1 cm³/mol. The van der Waals surface area contributed by atoms with E-state index in [9.17, 15) is 9.59 Å². The summed E-state index contributed by atoms with van der Waals surface area (Å²) < 4.78 is 6.08. The number of aromatic amines is 2. The van der Waals surface area contributed by atoms with Gasteiger partial charge in [0.15, 0.2) is 11.5 Å². The highest BCUT2D eigenvalue weighted by molar-refractivity contribution is 5.74. The molecule has 0 atom stereocenters. The molecule has 0 saturated carbocycles. The molecule has 8 heteroatoms. The third kappa shape index (κ3) is 1.39. The van der Waals surface area contributed by atoms with Crippen LogP contribution in [0, 0.1) is 0 Å². The Kier molecular flexibility index (Phi) is 2.15. The zero-order valence-corrected chi connectivity index (χ0v) is 9.43. The van der Waals surface area contributed by atoms with E-state index in [0.29, 0.717) is 23.7 Å². The molecule has 0 aliphatic heterocycles. The quantitative estimate of drug-likeness (QED) is 0.666. The molecule has 0 spiro atoms. The van der Waals surface area contributed by atoms with Gasteiger partial charge in [0, 0.05) is 12.6 Å². The molecule has 0 unspecified atom stereocenters. The second-order valence-electron chi connectivity index (χ2n) is 3.67. The first-order valence-electron chi connectivity index (χ1n) is 5.34. The molecule has 0 fully saturated rings. The number of aryl methyl sites for hydroxylation is 1. The summed E-state index contributed by atoms with van der Waals surface area (Å²) in [6.45, 7) is 2.21. The fraction of sp³-hybridized carbons (Fsp3) is 0.200. The van der Waals surface area contributed by atoms with Crippen molar-refractivity contribution in [3.63, 3.8) is 0 Å². The second-order valence-corrected chi connectivity index (χ2v) is 3.67. The topological polar surface area (TPSA) is 110 Å². The van der Waals surface area contributed by atoms with Gasteiger partial charge in [-0.3, -0.25) is 14.3 Å². The monoisotopic (exact) mass is 247 g/mol. The number of H-pyrrole nitrogens is 2. The second kappa shape index (κ2) is 3.69. The molecule has 0 aromatic carbocycles. The van der Waals surface area contributed by atoms with Crippen LogP contribution in [0.2, 0.25) is 0 Å². The normalized spacial score (nSPS) is 11.2. The van der Waals surface area contributed by atoms with Crippen LogP contribution in [0.3, 0.4) is 0 Å². The van der Waals surface area contributed by atoms with Gasteiger partial charge in [-0.2, -0.15) is 0 Å². The number of imidazole rings is 1. The molecule has 18 heavy (non-hydrogen) atoms.